The van der Waals surface area contributed by atoms with Gasteiger partial charge in [-0.3, -0.25) is 9.67 Å². The fourth-order valence-electron chi connectivity index (χ4n) is 1.13. The van der Waals surface area contributed by atoms with E-state index >= 15 is 0 Å². The van der Waals surface area contributed by atoms with Crippen LogP contribution < -0.4 is 0 Å². The van der Waals surface area contributed by atoms with Crippen LogP contribution in [0.2, 0.25) is 0 Å². The molecule has 0 aromatic carbocycles. The Bertz CT molecular complexity index is 407. The number of carbonyl (C=O) groups excluding carboxylic acids is 1. The molecule has 0 saturated carbocycles. The second-order valence-electron chi connectivity index (χ2n) is 2.40. The maximum atomic E-state index is 10.2. The smallest absolute Gasteiger partial charge is 0.141 e. The first-order valence-electron chi connectivity index (χ1n) is 3.62. The SMILES string of the molecule is O=CCn1ncc2ncccc21. The summed E-state index contributed by atoms with van der Waals surface area (Å²) in [4.78, 5) is 14.3. The van der Waals surface area contributed by atoms with Gasteiger partial charge in [-0.2, -0.15) is 5.10 Å². The van der Waals surface area contributed by atoms with Gasteiger partial charge in [0.1, 0.15) is 11.8 Å². The van der Waals surface area contributed by atoms with Crippen molar-refractivity contribution in [3.05, 3.63) is 24.5 Å². The van der Waals surface area contributed by atoms with Gasteiger partial charge in [-0.1, -0.05) is 0 Å². The highest BCUT2D eigenvalue weighted by Crippen LogP contribution is 2.08. The van der Waals surface area contributed by atoms with Crippen LogP contribution in [0.4, 0.5) is 0 Å². The highest BCUT2D eigenvalue weighted by Gasteiger charge is 1.99. The monoisotopic (exact) mass is 161 g/mol. The molecule has 4 heteroatoms. The minimum Gasteiger partial charge on any atom is -0.301 e. The Morgan fingerprint density at radius 2 is 2.50 bits per heavy atom. The predicted molar refractivity (Wildman–Crippen MR) is 43.6 cm³/mol. The second-order valence-corrected chi connectivity index (χ2v) is 2.40. The van der Waals surface area contributed by atoms with Gasteiger partial charge in [-0.15, -0.1) is 0 Å². The van der Waals surface area contributed by atoms with Crippen molar-refractivity contribution in [3.8, 4) is 0 Å². The van der Waals surface area contributed by atoms with Crippen LogP contribution >= 0.6 is 0 Å². The highest BCUT2D eigenvalue weighted by atomic mass is 16.1. The highest BCUT2D eigenvalue weighted by molar-refractivity contribution is 5.74. The topological polar surface area (TPSA) is 47.8 Å². The number of carbonyl (C=O) groups is 1. The van der Waals surface area contributed by atoms with Crippen LogP contribution in [0.3, 0.4) is 0 Å². The molecule has 2 aromatic heterocycles. The van der Waals surface area contributed by atoms with E-state index in [0.717, 1.165) is 17.3 Å². The number of aldehydes is 1. The summed E-state index contributed by atoms with van der Waals surface area (Å²) in [5.74, 6) is 0. The first kappa shape index (κ1) is 6.97. The van der Waals surface area contributed by atoms with Gasteiger partial charge < -0.3 is 4.79 Å². The Morgan fingerprint density at radius 3 is 3.33 bits per heavy atom. The lowest BCUT2D eigenvalue weighted by Gasteiger charge is -1.94. The van der Waals surface area contributed by atoms with Crippen LogP contribution in [0, 0.1) is 0 Å². The Kier molecular flexibility index (Phi) is 1.59. The molecular weight excluding hydrogens is 154 g/mol. The molecule has 0 aliphatic rings. The molecule has 0 saturated heterocycles. The lowest BCUT2D eigenvalue weighted by molar-refractivity contribution is -0.108. The van der Waals surface area contributed by atoms with Crippen LogP contribution in [0.25, 0.3) is 11.0 Å². The number of hydrogen-bond acceptors (Lipinski definition) is 3. The summed E-state index contributed by atoms with van der Waals surface area (Å²) in [6.07, 6.45) is 4.17. The average molecular weight is 161 g/mol. The van der Waals surface area contributed by atoms with Crippen molar-refractivity contribution in [2.45, 2.75) is 6.54 Å². The van der Waals surface area contributed by atoms with Crippen molar-refractivity contribution in [1.82, 2.24) is 14.8 Å². The molecule has 0 aliphatic heterocycles. The maximum absolute atomic E-state index is 10.2. The Balaban J connectivity index is 2.62. The van der Waals surface area contributed by atoms with E-state index in [1.54, 1.807) is 17.1 Å². The van der Waals surface area contributed by atoms with E-state index in [1.165, 1.54) is 0 Å². The molecule has 0 N–H and O–H groups in total. The number of fused-ring (bicyclic) bond motifs is 1. The fraction of sp³-hybridized carbons (Fsp3) is 0.125. The van der Waals surface area contributed by atoms with Crippen LogP contribution in [0.5, 0.6) is 0 Å². The fourth-order valence-corrected chi connectivity index (χ4v) is 1.13. The number of nitrogens with zero attached hydrogens (tertiary/aromatic N) is 3. The summed E-state index contributed by atoms with van der Waals surface area (Å²) in [7, 11) is 0. The zero-order valence-electron chi connectivity index (χ0n) is 6.34. The largest absolute Gasteiger partial charge is 0.301 e. The standard InChI is InChI=1S/C8H7N3O/c12-5-4-11-8-2-1-3-9-7(8)6-10-11/h1-3,5-6H,4H2. The van der Waals surface area contributed by atoms with Gasteiger partial charge in [0, 0.05) is 6.20 Å². The zero-order valence-corrected chi connectivity index (χ0v) is 6.34. The summed E-state index contributed by atoms with van der Waals surface area (Å²) >= 11 is 0. The third kappa shape index (κ3) is 0.972. The van der Waals surface area contributed by atoms with Crippen molar-refractivity contribution in [3.63, 3.8) is 0 Å². The zero-order chi connectivity index (χ0) is 8.39. The Hall–Kier alpha value is -1.71. The van der Waals surface area contributed by atoms with E-state index in [4.69, 9.17) is 0 Å². The number of pyridine rings is 1. The summed E-state index contributed by atoms with van der Waals surface area (Å²) in [6, 6.07) is 3.71. The minimum absolute atomic E-state index is 0.287. The molecule has 12 heavy (non-hydrogen) atoms. The van der Waals surface area contributed by atoms with Crippen molar-refractivity contribution < 1.29 is 4.79 Å². The van der Waals surface area contributed by atoms with Crippen LogP contribution in [-0.2, 0) is 11.3 Å². The molecule has 0 spiro atoms. The number of rotatable bonds is 2. The molecular formula is C8H7N3O. The van der Waals surface area contributed by atoms with Crippen molar-refractivity contribution in [2.75, 3.05) is 0 Å². The molecule has 4 nitrogen and oxygen atoms in total. The molecule has 0 amide bonds. The summed E-state index contributed by atoms with van der Waals surface area (Å²) in [6.45, 7) is 0.287. The third-order valence-electron chi connectivity index (χ3n) is 1.66. The maximum Gasteiger partial charge on any atom is 0.141 e. The lowest BCUT2D eigenvalue weighted by atomic mass is 10.4. The first-order valence-corrected chi connectivity index (χ1v) is 3.62. The average Bonchev–Trinajstić information content (AvgIpc) is 2.50. The molecule has 2 rings (SSSR count). The molecule has 0 fully saturated rings. The van der Waals surface area contributed by atoms with Crippen molar-refractivity contribution in [2.24, 2.45) is 0 Å². The molecule has 2 heterocycles. The van der Waals surface area contributed by atoms with Crippen molar-refractivity contribution in [1.29, 1.82) is 0 Å². The number of hydrogen-bond donors (Lipinski definition) is 0. The molecule has 0 unspecified atom stereocenters. The molecule has 0 aliphatic carbocycles. The second kappa shape index (κ2) is 2.73. The Morgan fingerprint density at radius 1 is 1.58 bits per heavy atom. The van der Waals surface area contributed by atoms with E-state index < -0.39 is 0 Å². The van der Waals surface area contributed by atoms with E-state index in [9.17, 15) is 4.79 Å². The summed E-state index contributed by atoms with van der Waals surface area (Å²) < 4.78 is 1.62. The van der Waals surface area contributed by atoms with Gasteiger partial charge in [0.15, 0.2) is 0 Å². The van der Waals surface area contributed by atoms with Crippen LogP contribution in [0.15, 0.2) is 24.5 Å². The third-order valence-corrected chi connectivity index (χ3v) is 1.66. The van der Waals surface area contributed by atoms with E-state index in [-0.39, 0.29) is 6.54 Å². The Labute approximate surface area is 68.8 Å². The molecule has 0 radical (unpaired) electrons. The predicted octanol–water partition coefficient (Wildman–Crippen LogP) is 0.630. The van der Waals surface area contributed by atoms with Gasteiger partial charge in [0.2, 0.25) is 0 Å². The van der Waals surface area contributed by atoms with E-state index in [1.807, 2.05) is 12.1 Å². The van der Waals surface area contributed by atoms with E-state index in [0.29, 0.717) is 0 Å². The summed E-state index contributed by atoms with van der Waals surface area (Å²) in [5, 5.41) is 4.01. The number of aromatic nitrogens is 3. The van der Waals surface area contributed by atoms with Gasteiger partial charge in [-0.25, -0.2) is 0 Å². The van der Waals surface area contributed by atoms with Gasteiger partial charge in [0.05, 0.1) is 18.3 Å². The normalized spacial score (nSPS) is 10.3. The van der Waals surface area contributed by atoms with Gasteiger partial charge in [-0.05, 0) is 12.1 Å². The van der Waals surface area contributed by atoms with Gasteiger partial charge in [0.25, 0.3) is 0 Å². The molecule has 2 aromatic rings. The minimum atomic E-state index is 0.287. The molecule has 0 atom stereocenters. The van der Waals surface area contributed by atoms with Gasteiger partial charge >= 0.3 is 0 Å². The van der Waals surface area contributed by atoms with Crippen molar-refractivity contribution >= 4 is 17.3 Å². The summed E-state index contributed by atoms with van der Waals surface area (Å²) in [5.41, 5.74) is 1.71. The van der Waals surface area contributed by atoms with Crippen LogP contribution in [-0.4, -0.2) is 21.1 Å². The molecule has 60 valence electrons. The van der Waals surface area contributed by atoms with E-state index in [2.05, 4.69) is 10.1 Å². The first-order chi connectivity index (χ1) is 5.92. The van der Waals surface area contributed by atoms with Crippen LogP contribution in [0.1, 0.15) is 0 Å². The lowest BCUT2D eigenvalue weighted by Crippen LogP contribution is -1.99. The quantitative estimate of drug-likeness (QED) is 0.607. The molecule has 0 bridgehead atoms.